The van der Waals surface area contributed by atoms with Gasteiger partial charge in [0, 0.05) is 35.4 Å². The first-order valence-electron chi connectivity index (χ1n) is 7.50. The number of likely N-dealkylation sites (tertiary alicyclic amines) is 1. The Kier molecular flexibility index (Phi) is 4.85. The van der Waals surface area contributed by atoms with Gasteiger partial charge in [0.2, 0.25) is 0 Å². The van der Waals surface area contributed by atoms with Crippen molar-refractivity contribution in [3.63, 3.8) is 0 Å². The molecule has 1 aromatic heterocycles. The van der Waals surface area contributed by atoms with Crippen molar-refractivity contribution in [2.24, 2.45) is 17.6 Å². The van der Waals surface area contributed by atoms with E-state index in [0.717, 1.165) is 18.4 Å². The molecule has 3 atom stereocenters. The van der Waals surface area contributed by atoms with E-state index >= 15 is 0 Å². The Hall–Kier alpha value is -0.0900. The summed E-state index contributed by atoms with van der Waals surface area (Å²) in [5.74, 6) is 1.64. The third-order valence-electron chi connectivity index (χ3n) is 4.77. The molecule has 3 rings (SSSR count). The first-order valence-corrected chi connectivity index (χ1v) is 8.32. The Labute approximate surface area is 133 Å². The van der Waals surface area contributed by atoms with Crippen LogP contribution >= 0.6 is 23.7 Å². The second-order valence-electron chi connectivity index (χ2n) is 7.38. The first kappa shape index (κ1) is 16.3. The molecule has 1 aliphatic heterocycles. The van der Waals surface area contributed by atoms with Crippen LogP contribution in [0.2, 0.25) is 0 Å². The summed E-state index contributed by atoms with van der Waals surface area (Å²) in [6.07, 6.45) is 2.59. The average Bonchev–Trinajstić information content (AvgIpc) is 2.97. The number of hydrogen-bond acceptors (Lipinski definition) is 3. The van der Waals surface area contributed by atoms with Gasteiger partial charge in [0.25, 0.3) is 0 Å². The maximum atomic E-state index is 6.21. The molecule has 20 heavy (non-hydrogen) atoms. The molecule has 2 fully saturated rings. The summed E-state index contributed by atoms with van der Waals surface area (Å²) >= 11 is 1.98. The Morgan fingerprint density at radius 3 is 2.60 bits per heavy atom. The molecule has 4 heteroatoms. The fourth-order valence-electron chi connectivity index (χ4n) is 3.62. The highest BCUT2D eigenvalue weighted by atomic mass is 35.5. The highest BCUT2D eigenvalue weighted by molar-refractivity contribution is 7.12. The summed E-state index contributed by atoms with van der Waals surface area (Å²) in [4.78, 5) is 5.63. The van der Waals surface area contributed by atoms with E-state index in [0.29, 0.717) is 6.04 Å². The lowest BCUT2D eigenvalue weighted by molar-refractivity contribution is 0.300. The molecule has 114 valence electrons. The van der Waals surface area contributed by atoms with Crippen LogP contribution in [0.5, 0.6) is 0 Å². The van der Waals surface area contributed by atoms with Gasteiger partial charge in [-0.3, -0.25) is 4.90 Å². The molecule has 0 radical (unpaired) electrons. The van der Waals surface area contributed by atoms with Crippen LogP contribution in [0.3, 0.4) is 0 Å². The van der Waals surface area contributed by atoms with Crippen LogP contribution in [0.1, 0.15) is 43.4 Å². The molecule has 2 heterocycles. The minimum absolute atomic E-state index is 0. The van der Waals surface area contributed by atoms with E-state index in [1.54, 1.807) is 0 Å². The lowest BCUT2D eigenvalue weighted by Gasteiger charge is -2.18. The molecular formula is C16H27ClN2S. The minimum atomic E-state index is 0. The first-order chi connectivity index (χ1) is 8.93. The van der Waals surface area contributed by atoms with Crippen LogP contribution in [-0.4, -0.2) is 24.0 Å². The zero-order valence-corrected chi connectivity index (χ0v) is 14.4. The van der Waals surface area contributed by atoms with Crippen LogP contribution in [0.4, 0.5) is 0 Å². The van der Waals surface area contributed by atoms with E-state index in [4.69, 9.17) is 5.73 Å². The zero-order valence-electron chi connectivity index (χ0n) is 12.8. The lowest BCUT2D eigenvalue weighted by atomic mass is 9.95. The van der Waals surface area contributed by atoms with Gasteiger partial charge in [0.15, 0.2) is 0 Å². The third kappa shape index (κ3) is 3.22. The fraction of sp³-hybridized carbons (Fsp3) is 0.750. The van der Waals surface area contributed by atoms with Gasteiger partial charge >= 0.3 is 0 Å². The van der Waals surface area contributed by atoms with Crippen LogP contribution < -0.4 is 5.73 Å². The smallest absolute Gasteiger partial charge is 0.0328 e. The number of rotatable bonds is 2. The molecule has 0 aromatic carbocycles. The van der Waals surface area contributed by atoms with E-state index in [1.807, 2.05) is 11.3 Å². The van der Waals surface area contributed by atoms with Gasteiger partial charge in [-0.05, 0) is 42.2 Å². The minimum Gasteiger partial charge on any atom is -0.327 e. The Morgan fingerprint density at radius 2 is 2.00 bits per heavy atom. The molecule has 1 saturated carbocycles. The number of thiophene rings is 1. The van der Waals surface area contributed by atoms with Crippen molar-refractivity contribution in [3.8, 4) is 0 Å². The van der Waals surface area contributed by atoms with Gasteiger partial charge in [-0.15, -0.1) is 23.7 Å². The summed E-state index contributed by atoms with van der Waals surface area (Å²) < 4.78 is 0. The number of hydrogen-bond donors (Lipinski definition) is 1. The van der Waals surface area contributed by atoms with Gasteiger partial charge in [-0.25, -0.2) is 0 Å². The maximum Gasteiger partial charge on any atom is 0.0328 e. The number of nitrogens with two attached hydrogens (primary N) is 1. The highest BCUT2D eigenvalue weighted by Crippen LogP contribution is 2.38. The van der Waals surface area contributed by atoms with Crippen molar-refractivity contribution < 1.29 is 0 Å². The predicted octanol–water partition coefficient (Wildman–Crippen LogP) is 3.64. The molecule has 1 saturated heterocycles. The summed E-state index contributed by atoms with van der Waals surface area (Å²) in [6, 6.07) is 5.09. The molecule has 2 N–H and O–H groups in total. The summed E-state index contributed by atoms with van der Waals surface area (Å²) in [6.45, 7) is 10.5. The van der Waals surface area contributed by atoms with Crippen molar-refractivity contribution in [1.29, 1.82) is 0 Å². The fourth-order valence-corrected chi connectivity index (χ4v) is 4.72. The summed E-state index contributed by atoms with van der Waals surface area (Å²) in [7, 11) is 0. The van der Waals surface area contributed by atoms with E-state index in [1.165, 1.54) is 35.7 Å². The SMILES string of the molecule is CC(C)(C)c1ccc(CN2CC3CCC(N)C3C2)s1.Cl. The van der Waals surface area contributed by atoms with Crippen LogP contribution in [0, 0.1) is 11.8 Å². The van der Waals surface area contributed by atoms with Crippen LogP contribution in [0.25, 0.3) is 0 Å². The number of fused-ring (bicyclic) bond motifs is 1. The van der Waals surface area contributed by atoms with E-state index < -0.39 is 0 Å². The molecule has 1 aromatic rings. The zero-order chi connectivity index (χ0) is 13.6. The Morgan fingerprint density at radius 1 is 1.25 bits per heavy atom. The normalized spacial score (nSPS) is 30.3. The van der Waals surface area contributed by atoms with Gasteiger partial charge in [0.05, 0.1) is 0 Å². The average molecular weight is 315 g/mol. The number of nitrogens with zero attached hydrogens (tertiary/aromatic N) is 1. The third-order valence-corrected chi connectivity index (χ3v) is 6.26. The topological polar surface area (TPSA) is 29.3 Å². The molecule has 0 bridgehead atoms. The quantitative estimate of drug-likeness (QED) is 0.903. The number of halogens is 1. The van der Waals surface area contributed by atoms with Crippen LogP contribution in [0.15, 0.2) is 12.1 Å². The molecule has 0 amide bonds. The Balaban J connectivity index is 0.00000147. The molecule has 1 aliphatic carbocycles. The summed E-state index contributed by atoms with van der Waals surface area (Å²) in [5.41, 5.74) is 6.50. The van der Waals surface area contributed by atoms with Crippen LogP contribution in [-0.2, 0) is 12.0 Å². The van der Waals surface area contributed by atoms with Gasteiger partial charge < -0.3 is 5.73 Å². The molecular weight excluding hydrogens is 288 g/mol. The lowest BCUT2D eigenvalue weighted by Crippen LogP contribution is -2.30. The van der Waals surface area contributed by atoms with Crippen molar-refractivity contribution in [3.05, 3.63) is 21.9 Å². The Bertz CT molecular complexity index is 452. The van der Waals surface area contributed by atoms with E-state index in [2.05, 4.69) is 37.8 Å². The van der Waals surface area contributed by atoms with E-state index in [-0.39, 0.29) is 17.8 Å². The molecule has 2 aliphatic rings. The molecule has 2 nitrogen and oxygen atoms in total. The highest BCUT2D eigenvalue weighted by Gasteiger charge is 2.40. The van der Waals surface area contributed by atoms with Gasteiger partial charge in [-0.1, -0.05) is 20.8 Å². The summed E-state index contributed by atoms with van der Waals surface area (Å²) in [5, 5.41) is 0. The second-order valence-corrected chi connectivity index (χ2v) is 8.54. The van der Waals surface area contributed by atoms with Crippen molar-refractivity contribution >= 4 is 23.7 Å². The van der Waals surface area contributed by atoms with Crippen molar-refractivity contribution in [2.45, 2.75) is 51.6 Å². The maximum absolute atomic E-state index is 6.21. The van der Waals surface area contributed by atoms with E-state index in [9.17, 15) is 0 Å². The molecule has 3 unspecified atom stereocenters. The molecule has 0 spiro atoms. The standard InChI is InChI=1S/C16H26N2S.ClH/c1-16(2,3)15-7-5-12(19-15)9-18-8-11-4-6-14(17)13(11)10-18;/h5,7,11,13-14H,4,6,8-10,17H2,1-3H3;1H. The largest absolute Gasteiger partial charge is 0.327 e. The predicted molar refractivity (Wildman–Crippen MR) is 89.7 cm³/mol. The monoisotopic (exact) mass is 314 g/mol. The van der Waals surface area contributed by atoms with Crippen molar-refractivity contribution in [2.75, 3.05) is 13.1 Å². The van der Waals surface area contributed by atoms with Gasteiger partial charge in [-0.2, -0.15) is 0 Å². The second kappa shape index (κ2) is 5.96. The van der Waals surface area contributed by atoms with Gasteiger partial charge in [0.1, 0.15) is 0 Å². The van der Waals surface area contributed by atoms with Crippen molar-refractivity contribution in [1.82, 2.24) is 4.90 Å².